The van der Waals surface area contributed by atoms with Gasteiger partial charge in [-0.15, -0.1) is 0 Å². The molecule has 21 heavy (non-hydrogen) atoms. The van der Waals surface area contributed by atoms with Gasteiger partial charge < -0.3 is 14.9 Å². The maximum atomic E-state index is 12.0. The Morgan fingerprint density at radius 1 is 1.00 bits per heavy atom. The van der Waals surface area contributed by atoms with Crippen LogP contribution < -0.4 is 4.74 Å². The fourth-order valence-electron chi connectivity index (χ4n) is 1.94. The highest BCUT2D eigenvalue weighted by atomic mass is 16.5. The van der Waals surface area contributed by atoms with Crippen molar-refractivity contribution in [3.05, 3.63) is 53.6 Å². The van der Waals surface area contributed by atoms with E-state index in [1.54, 1.807) is 12.1 Å². The number of benzene rings is 2. The number of phenolic OH excluding ortho intramolecular Hbond substituents is 2. The van der Waals surface area contributed by atoms with Crippen LogP contribution in [0.2, 0.25) is 0 Å². The van der Waals surface area contributed by atoms with Gasteiger partial charge in [0.15, 0.2) is 0 Å². The van der Waals surface area contributed by atoms with Crippen LogP contribution in [0.5, 0.6) is 17.2 Å². The van der Waals surface area contributed by atoms with Crippen molar-refractivity contribution in [2.45, 2.75) is 26.2 Å². The van der Waals surface area contributed by atoms with E-state index in [4.69, 9.17) is 4.74 Å². The first-order chi connectivity index (χ1) is 9.77. The first-order valence-electron chi connectivity index (χ1n) is 6.62. The van der Waals surface area contributed by atoms with Crippen LogP contribution in [0.3, 0.4) is 0 Å². The maximum Gasteiger partial charge on any atom is 0.343 e. The van der Waals surface area contributed by atoms with Crippen LogP contribution in [0.25, 0.3) is 0 Å². The van der Waals surface area contributed by atoms with Gasteiger partial charge in [-0.3, -0.25) is 0 Å². The number of carbonyl (C=O) groups excluding carboxylic acids is 1. The molecule has 0 unspecified atom stereocenters. The van der Waals surface area contributed by atoms with Gasteiger partial charge in [0, 0.05) is 5.56 Å². The number of carbonyl (C=O) groups is 1. The zero-order valence-electron chi connectivity index (χ0n) is 12.3. The summed E-state index contributed by atoms with van der Waals surface area (Å²) in [5.74, 6) is 0.120. The summed E-state index contributed by atoms with van der Waals surface area (Å²) in [5.41, 5.74) is 0.794. The molecule has 2 aromatic rings. The molecule has 0 bridgehead atoms. The average molecular weight is 286 g/mol. The summed E-state index contributed by atoms with van der Waals surface area (Å²) in [6, 6.07) is 10.5. The van der Waals surface area contributed by atoms with Gasteiger partial charge in [-0.2, -0.15) is 0 Å². The van der Waals surface area contributed by atoms with Crippen molar-refractivity contribution in [1.82, 2.24) is 0 Å². The van der Waals surface area contributed by atoms with Crippen molar-refractivity contribution in [3.8, 4) is 17.2 Å². The molecule has 4 nitrogen and oxygen atoms in total. The van der Waals surface area contributed by atoms with Crippen molar-refractivity contribution >= 4 is 5.97 Å². The maximum absolute atomic E-state index is 12.0. The molecule has 110 valence electrons. The van der Waals surface area contributed by atoms with E-state index < -0.39 is 5.97 Å². The molecule has 2 aromatic carbocycles. The minimum Gasteiger partial charge on any atom is -0.508 e. The fourth-order valence-corrected chi connectivity index (χ4v) is 1.94. The van der Waals surface area contributed by atoms with Gasteiger partial charge in [0.05, 0.1) is 5.56 Å². The van der Waals surface area contributed by atoms with Crippen LogP contribution >= 0.6 is 0 Å². The molecule has 0 saturated carbocycles. The molecule has 0 radical (unpaired) electrons. The van der Waals surface area contributed by atoms with Gasteiger partial charge in [0.1, 0.15) is 17.2 Å². The lowest BCUT2D eigenvalue weighted by Crippen LogP contribution is -2.13. The molecular formula is C17H18O4. The van der Waals surface area contributed by atoms with E-state index in [0.717, 1.165) is 0 Å². The highest BCUT2D eigenvalue weighted by Crippen LogP contribution is 2.33. The summed E-state index contributed by atoms with van der Waals surface area (Å²) in [6.45, 7) is 5.90. The zero-order valence-corrected chi connectivity index (χ0v) is 12.3. The van der Waals surface area contributed by atoms with E-state index in [1.165, 1.54) is 30.3 Å². The normalized spacial score (nSPS) is 11.2. The van der Waals surface area contributed by atoms with E-state index in [9.17, 15) is 15.0 Å². The summed E-state index contributed by atoms with van der Waals surface area (Å²) in [4.78, 5) is 12.0. The molecule has 0 fully saturated rings. The number of rotatable bonds is 2. The van der Waals surface area contributed by atoms with E-state index >= 15 is 0 Å². The molecule has 0 aromatic heterocycles. The predicted octanol–water partition coefficient (Wildman–Crippen LogP) is 3.61. The number of hydrogen-bond donors (Lipinski definition) is 2. The number of ether oxygens (including phenoxy) is 1. The second-order valence-corrected chi connectivity index (χ2v) is 5.87. The zero-order chi connectivity index (χ0) is 15.6. The summed E-state index contributed by atoms with van der Waals surface area (Å²) in [5, 5.41) is 19.1. The molecule has 0 aliphatic heterocycles. The van der Waals surface area contributed by atoms with Crippen molar-refractivity contribution < 1.29 is 19.7 Å². The summed E-state index contributed by atoms with van der Waals surface area (Å²) in [7, 11) is 0. The van der Waals surface area contributed by atoms with Gasteiger partial charge in [-0.05, 0) is 47.9 Å². The number of hydrogen-bond acceptors (Lipinski definition) is 4. The summed E-state index contributed by atoms with van der Waals surface area (Å²) >= 11 is 0. The van der Waals surface area contributed by atoms with Crippen LogP contribution in [-0.4, -0.2) is 16.2 Å². The summed E-state index contributed by atoms with van der Waals surface area (Å²) in [6.07, 6.45) is 0. The second kappa shape index (κ2) is 5.48. The summed E-state index contributed by atoms with van der Waals surface area (Å²) < 4.78 is 5.30. The third kappa shape index (κ3) is 3.54. The Bertz CT molecular complexity index is 651. The lowest BCUT2D eigenvalue weighted by atomic mass is 9.86. The van der Waals surface area contributed by atoms with Crippen molar-refractivity contribution in [1.29, 1.82) is 0 Å². The average Bonchev–Trinajstić information content (AvgIpc) is 2.40. The van der Waals surface area contributed by atoms with E-state index in [-0.39, 0.29) is 16.9 Å². The Labute approximate surface area is 123 Å². The van der Waals surface area contributed by atoms with Gasteiger partial charge in [0.25, 0.3) is 0 Å². The Morgan fingerprint density at radius 3 is 2.19 bits per heavy atom. The van der Waals surface area contributed by atoms with E-state index in [1.807, 2.05) is 20.8 Å². The van der Waals surface area contributed by atoms with Gasteiger partial charge in [-0.25, -0.2) is 4.79 Å². The van der Waals surface area contributed by atoms with Crippen LogP contribution in [-0.2, 0) is 5.41 Å². The van der Waals surface area contributed by atoms with Gasteiger partial charge in [0.2, 0.25) is 0 Å². The minimum atomic E-state index is -0.513. The van der Waals surface area contributed by atoms with Gasteiger partial charge in [-0.1, -0.05) is 20.8 Å². The van der Waals surface area contributed by atoms with Crippen molar-refractivity contribution in [3.63, 3.8) is 0 Å². The van der Waals surface area contributed by atoms with E-state index in [0.29, 0.717) is 16.9 Å². The Kier molecular flexibility index (Phi) is 3.89. The molecule has 2 rings (SSSR count). The Morgan fingerprint density at radius 2 is 1.62 bits per heavy atom. The number of esters is 1. The van der Waals surface area contributed by atoms with Gasteiger partial charge >= 0.3 is 5.97 Å². The van der Waals surface area contributed by atoms with Crippen LogP contribution in [0.15, 0.2) is 42.5 Å². The first kappa shape index (κ1) is 14.9. The third-order valence-electron chi connectivity index (χ3n) is 3.09. The Hall–Kier alpha value is -2.49. The van der Waals surface area contributed by atoms with E-state index in [2.05, 4.69) is 0 Å². The standard InChI is InChI=1S/C17H18O4/c1-17(2,3)14-10-13(8-9-15(14)19)21-16(20)11-4-6-12(18)7-5-11/h4-10,18-19H,1-3H3. The Balaban J connectivity index is 2.24. The third-order valence-corrected chi connectivity index (χ3v) is 3.09. The SMILES string of the molecule is CC(C)(C)c1cc(OC(=O)c2ccc(O)cc2)ccc1O. The van der Waals surface area contributed by atoms with Crippen LogP contribution in [0, 0.1) is 0 Å². The number of phenols is 2. The monoisotopic (exact) mass is 286 g/mol. The van der Waals surface area contributed by atoms with Crippen molar-refractivity contribution in [2.24, 2.45) is 0 Å². The molecule has 0 aliphatic carbocycles. The largest absolute Gasteiger partial charge is 0.508 e. The molecular weight excluding hydrogens is 268 g/mol. The molecule has 0 spiro atoms. The van der Waals surface area contributed by atoms with Crippen LogP contribution in [0.1, 0.15) is 36.7 Å². The fraction of sp³-hybridized carbons (Fsp3) is 0.235. The molecule has 2 N–H and O–H groups in total. The highest BCUT2D eigenvalue weighted by Gasteiger charge is 2.19. The smallest absolute Gasteiger partial charge is 0.343 e. The first-order valence-corrected chi connectivity index (χ1v) is 6.62. The lowest BCUT2D eigenvalue weighted by Gasteiger charge is -2.21. The molecule has 4 heteroatoms. The van der Waals surface area contributed by atoms with Crippen molar-refractivity contribution in [2.75, 3.05) is 0 Å². The lowest BCUT2D eigenvalue weighted by molar-refractivity contribution is 0.0734. The predicted molar refractivity (Wildman–Crippen MR) is 79.9 cm³/mol. The molecule has 0 amide bonds. The molecule has 0 saturated heterocycles. The molecule has 0 aliphatic rings. The highest BCUT2D eigenvalue weighted by molar-refractivity contribution is 5.91. The second-order valence-electron chi connectivity index (χ2n) is 5.87. The van der Waals surface area contributed by atoms with Crippen LogP contribution in [0.4, 0.5) is 0 Å². The number of aromatic hydroxyl groups is 2. The molecule has 0 atom stereocenters. The topological polar surface area (TPSA) is 66.8 Å². The molecule has 0 heterocycles. The minimum absolute atomic E-state index is 0.0891. The quantitative estimate of drug-likeness (QED) is 0.653.